The third-order valence-electron chi connectivity index (χ3n) is 3.88. The second-order valence-electron chi connectivity index (χ2n) is 6.92. The number of carbonyl (C=O) groups is 2. The molecule has 2 N–H and O–H groups in total. The van der Waals surface area contributed by atoms with Crippen LogP contribution < -0.4 is 19.5 Å². The predicted molar refractivity (Wildman–Crippen MR) is 121 cm³/mol. The molecule has 0 aliphatic heterocycles. The number of carbonyl (C=O) groups excluding carboxylic acids is 2. The van der Waals surface area contributed by atoms with Crippen molar-refractivity contribution >= 4 is 39.9 Å². The van der Waals surface area contributed by atoms with Crippen molar-refractivity contribution in [3.8, 4) is 11.8 Å². The highest BCUT2D eigenvalue weighted by atomic mass is 32.2. The molecule has 14 heteroatoms. The summed E-state index contributed by atoms with van der Waals surface area (Å²) in [6.07, 6.45) is 1.47. The number of hydrogen-bond acceptors (Lipinski definition) is 9. The Morgan fingerprint density at radius 1 is 1.03 bits per heavy atom. The Kier molecular flexibility index (Phi) is 8.12. The van der Waals surface area contributed by atoms with Crippen LogP contribution in [0.25, 0.3) is 0 Å². The van der Waals surface area contributed by atoms with E-state index in [1.807, 2.05) is 4.72 Å². The van der Waals surface area contributed by atoms with Gasteiger partial charge >= 0.3 is 6.03 Å². The van der Waals surface area contributed by atoms with Crippen LogP contribution in [0.2, 0.25) is 0 Å². The molecule has 0 aliphatic carbocycles. The summed E-state index contributed by atoms with van der Waals surface area (Å²) in [6.45, 7) is 0. The largest absolute Gasteiger partial charge is 0.481 e. The summed E-state index contributed by atoms with van der Waals surface area (Å²) < 4.78 is 37.9. The Hall–Kier alpha value is -3.94. The maximum Gasteiger partial charge on any atom is 0.335 e. The first-order valence-corrected chi connectivity index (χ1v) is 10.8. The van der Waals surface area contributed by atoms with Gasteiger partial charge in [0.2, 0.25) is 17.7 Å². The lowest BCUT2D eigenvalue weighted by atomic mass is 10.2. The van der Waals surface area contributed by atoms with Gasteiger partial charge in [0.25, 0.3) is 15.9 Å². The molecular weight excluding hydrogens is 454 g/mol. The lowest BCUT2D eigenvalue weighted by Gasteiger charge is -2.15. The van der Waals surface area contributed by atoms with Crippen LogP contribution in [0.5, 0.6) is 11.8 Å². The van der Waals surface area contributed by atoms with Gasteiger partial charge in [-0.2, -0.15) is 9.97 Å². The zero-order valence-corrected chi connectivity index (χ0v) is 19.8. The van der Waals surface area contributed by atoms with Gasteiger partial charge in [-0.25, -0.2) is 22.9 Å². The SMILES string of the molecule is COc1cc(OC)nc(NC(=O)NS(=O)(=O)c2cc(N=CN(C)C)ccc2C(=O)N(C)C)n1. The fourth-order valence-corrected chi connectivity index (χ4v) is 3.51. The molecular formula is C19H25N7O6S. The van der Waals surface area contributed by atoms with Crippen LogP contribution in [0.1, 0.15) is 10.4 Å². The predicted octanol–water partition coefficient (Wildman–Crippen LogP) is 0.927. The van der Waals surface area contributed by atoms with Gasteiger partial charge in [-0.1, -0.05) is 0 Å². The van der Waals surface area contributed by atoms with Crippen molar-refractivity contribution in [1.29, 1.82) is 0 Å². The van der Waals surface area contributed by atoms with E-state index in [9.17, 15) is 18.0 Å². The van der Waals surface area contributed by atoms with E-state index in [4.69, 9.17) is 9.47 Å². The average Bonchev–Trinajstić information content (AvgIpc) is 2.76. The Morgan fingerprint density at radius 3 is 2.15 bits per heavy atom. The minimum Gasteiger partial charge on any atom is -0.481 e. The molecule has 1 aromatic carbocycles. The highest BCUT2D eigenvalue weighted by Crippen LogP contribution is 2.24. The highest BCUT2D eigenvalue weighted by molar-refractivity contribution is 7.90. The molecule has 1 aromatic heterocycles. The zero-order chi connectivity index (χ0) is 24.8. The van der Waals surface area contributed by atoms with Crippen LogP contribution in [0.4, 0.5) is 16.4 Å². The van der Waals surface area contributed by atoms with E-state index in [1.54, 1.807) is 19.0 Å². The molecule has 13 nitrogen and oxygen atoms in total. The summed E-state index contributed by atoms with van der Waals surface area (Å²) in [5.74, 6) is -0.650. The molecule has 3 amide bonds. The standard InChI is InChI=1S/C19H25N7O6S/c1-25(2)11-20-12-7-8-13(17(27)26(3)4)14(9-12)33(29,30)24-19(28)23-18-21-15(31-5)10-16(22-18)32-6/h7-11H,1-6H3,(H2,21,22,23,24,28). The van der Waals surface area contributed by atoms with Crippen LogP contribution in [-0.2, 0) is 10.0 Å². The van der Waals surface area contributed by atoms with Gasteiger partial charge in [0.05, 0.1) is 37.9 Å². The van der Waals surface area contributed by atoms with Gasteiger partial charge < -0.3 is 19.3 Å². The van der Waals surface area contributed by atoms with E-state index in [0.29, 0.717) is 0 Å². The second-order valence-corrected chi connectivity index (χ2v) is 8.57. The number of aliphatic imine (C=N–C) groups is 1. The van der Waals surface area contributed by atoms with E-state index < -0.39 is 26.9 Å². The van der Waals surface area contributed by atoms with Crippen LogP contribution >= 0.6 is 0 Å². The quantitative estimate of drug-likeness (QED) is 0.415. The third-order valence-corrected chi connectivity index (χ3v) is 5.25. The number of sulfonamides is 1. The van der Waals surface area contributed by atoms with Crippen molar-refractivity contribution in [1.82, 2.24) is 24.5 Å². The maximum absolute atomic E-state index is 13.0. The van der Waals surface area contributed by atoms with Crippen LogP contribution in [-0.4, -0.2) is 88.9 Å². The van der Waals surface area contributed by atoms with Crippen molar-refractivity contribution < 1.29 is 27.5 Å². The van der Waals surface area contributed by atoms with E-state index in [1.165, 1.54) is 63.8 Å². The number of nitrogens with zero attached hydrogens (tertiary/aromatic N) is 5. The van der Waals surface area contributed by atoms with Crippen molar-refractivity contribution in [3.05, 3.63) is 29.8 Å². The Bertz CT molecular complexity index is 1140. The minimum atomic E-state index is -4.50. The molecule has 0 aliphatic rings. The molecule has 0 saturated heterocycles. The lowest BCUT2D eigenvalue weighted by molar-refractivity contribution is 0.0824. The first-order valence-electron chi connectivity index (χ1n) is 9.34. The third kappa shape index (κ3) is 6.77. The van der Waals surface area contributed by atoms with E-state index >= 15 is 0 Å². The maximum atomic E-state index is 13.0. The van der Waals surface area contributed by atoms with Crippen LogP contribution in [0.15, 0.2) is 34.2 Å². The van der Waals surface area contributed by atoms with E-state index in [0.717, 1.165) is 0 Å². The number of rotatable bonds is 8. The van der Waals surface area contributed by atoms with Crippen LogP contribution in [0.3, 0.4) is 0 Å². The molecule has 0 unspecified atom stereocenters. The van der Waals surface area contributed by atoms with Crippen molar-refractivity contribution in [3.63, 3.8) is 0 Å². The number of anilines is 1. The molecule has 1 heterocycles. The highest BCUT2D eigenvalue weighted by Gasteiger charge is 2.26. The monoisotopic (exact) mass is 479 g/mol. The molecule has 178 valence electrons. The normalized spacial score (nSPS) is 11.1. The molecule has 33 heavy (non-hydrogen) atoms. The summed E-state index contributed by atoms with van der Waals surface area (Å²) >= 11 is 0. The summed E-state index contributed by atoms with van der Waals surface area (Å²) in [5, 5.41) is 2.20. The number of amides is 3. The Morgan fingerprint density at radius 2 is 1.64 bits per heavy atom. The number of aromatic nitrogens is 2. The molecule has 0 atom stereocenters. The van der Waals surface area contributed by atoms with Gasteiger partial charge in [0, 0.05) is 28.2 Å². The van der Waals surface area contributed by atoms with Crippen LogP contribution in [0, 0.1) is 0 Å². The Labute approximate surface area is 191 Å². The Balaban J connectivity index is 2.40. The average molecular weight is 480 g/mol. The fraction of sp³-hybridized carbons (Fsp3) is 0.316. The molecule has 0 bridgehead atoms. The number of benzene rings is 1. The van der Waals surface area contributed by atoms with Gasteiger partial charge in [0.1, 0.15) is 4.90 Å². The summed E-state index contributed by atoms with van der Waals surface area (Å²) in [7, 11) is 4.65. The van der Waals surface area contributed by atoms with Gasteiger partial charge in [-0.3, -0.25) is 10.1 Å². The van der Waals surface area contributed by atoms with Crippen molar-refractivity contribution in [2.24, 2.45) is 4.99 Å². The van der Waals surface area contributed by atoms with Gasteiger partial charge in [-0.15, -0.1) is 0 Å². The number of methoxy groups -OCH3 is 2. The topological polar surface area (TPSA) is 155 Å². The molecule has 2 aromatic rings. The minimum absolute atomic E-state index is 0.0883. The van der Waals surface area contributed by atoms with Gasteiger partial charge in [-0.05, 0) is 18.2 Å². The van der Waals surface area contributed by atoms with Gasteiger partial charge in [0.15, 0.2) is 0 Å². The molecule has 0 saturated carbocycles. The lowest BCUT2D eigenvalue weighted by Crippen LogP contribution is -2.36. The molecule has 0 radical (unpaired) electrons. The summed E-state index contributed by atoms with van der Waals surface area (Å²) in [5.41, 5.74) is 0.129. The summed E-state index contributed by atoms with van der Waals surface area (Å²) in [4.78, 5) is 39.4. The van der Waals surface area contributed by atoms with Crippen molar-refractivity contribution in [2.75, 3.05) is 47.7 Å². The fourth-order valence-electron chi connectivity index (χ4n) is 2.39. The van der Waals surface area contributed by atoms with E-state index in [-0.39, 0.29) is 29.0 Å². The number of nitrogens with one attached hydrogen (secondary N) is 2. The zero-order valence-electron chi connectivity index (χ0n) is 19.0. The van der Waals surface area contributed by atoms with Crippen molar-refractivity contribution in [2.45, 2.75) is 4.90 Å². The summed E-state index contributed by atoms with van der Waals surface area (Å²) in [6, 6.07) is 4.23. The second kappa shape index (κ2) is 10.6. The number of ether oxygens (including phenoxy) is 2. The first-order chi connectivity index (χ1) is 15.5. The smallest absolute Gasteiger partial charge is 0.335 e. The first kappa shape index (κ1) is 25.3. The molecule has 2 rings (SSSR count). The number of urea groups is 1. The van der Waals surface area contributed by atoms with E-state index in [2.05, 4.69) is 20.3 Å². The molecule has 0 fully saturated rings. The number of hydrogen-bond donors (Lipinski definition) is 2. The molecule has 0 spiro atoms.